The number of aromatic nitrogens is 1. The predicted octanol–water partition coefficient (Wildman–Crippen LogP) is -0.692. The average Bonchev–Trinajstić information content (AvgIpc) is 2.38. The summed E-state index contributed by atoms with van der Waals surface area (Å²) in [6, 6.07) is 3.71. The van der Waals surface area contributed by atoms with E-state index in [9.17, 15) is 4.79 Å². The van der Waals surface area contributed by atoms with Crippen molar-refractivity contribution in [3.8, 4) is 0 Å². The number of pyridine rings is 1. The Kier molecular flexibility index (Phi) is 10.3. The number of alkyl halides is 2. The van der Waals surface area contributed by atoms with Crippen molar-refractivity contribution in [3.05, 3.63) is 30.1 Å². The summed E-state index contributed by atoms with van der Waals surface area (Å²) in [6.45, 7) is 4.06. The van der Waals surface area contributed by atoms with Gasteiger partial charge in [-0.25, -0.2) is 4.57 Å². The molecule has 0 aromatic carbocycles. The van der Waals surface area contributed by atoms with Crippen LogP contribution in [0.1, 0.15) is 23.7 Å². The first-order valence-electron chi connectivity index (χ1n) is 6.13. The van der Waals surface area contributed by atoms with Crippen LogP contribution in [0.4, 0.5) is 0 Å². The van der Waals surface area contributed by atoms with E-state index >= 15 is 0 Å². The van der Waals surface area contributed by atoms with Crippen LogP contribution in [-0.2, 0) is 6.54 Å². The Morgan fingerprint density at radius 1 is 1.32 bits per heavy atom. The van der Waals surface area contributed by atoms with E-state index in [4.69, 9.17) is 23.2 Å². The lowest BCUT2D eigenvalue weighted by atomic mass is 10.2. The first-order valence-corrected chi connectivity index (χ1v) is 7.20. The van der Waals surface area contributed by atoms with E-state index < -0.39 is 0 Å². The molecule has 0 N–H and O–H groups in total. The van der Waals surface area contributed by atoms with E-state index in [1.807, 2.05) is 29.1 Å². The number of carbonyl (C=O) groups is 1. The van der Waals surface area contributed by atoms with E-state index in [1.165, 1.54) is 0 Å². The van der Waals surface area contributed by atoms with Gasteiger partial charge < -0.3 is 21.9 Å². The average molecular weight is 370 g/mol. The highest BCUT2D eigenvalue weighted by Crippen LogP contribution is 2.03. The Morgan fingerprint density at radius 3 is 2.47 bits per heavy atom. The SMILES string of the molecule is CCC[n+]1cccc(C(=O)N(CCCl)CCCl)c1.[Br-]. The predicted molar refractivity (Wildman–Crippen MR) is 74.3 cm³/mol. The molecule has 0 fully saturated rings. The van der Waals surface area contributed by atoms with Crippen LogP contribution >= 0.6 is 23.2 Å². The summed E-state index contributed by atoms with van der Waals surface area (Å²) in [5, 5.41) is 0. The Morgan fingerprint density at radius 2 is 1.95 bits per heavy atom. The fraction of sp³-hybridized carbons (Fsp3) is 0.538. The van der Waals surface area contributed by atoms with Gasteiger partial charge in [0.1, 0.15) is 12.1 Å². The number of amides is 1. The highest BCUT2D eigenvalue weighted by atomic mass is 79.9. The molecule has 1 amide bonds. The topological polar surface area (TPSA) is 24.2 Å². The first-order chi connectivity index (χ1) is 8.72. The standard InChI is InChI=1S/C13H19Cl2N2O.BrH/c1-2-7-16-8-3-4-12(11-16)13(18)17(9-5-14)10-6-15;/h3-4,8,11H,2,5-7,9-10H2,1H3;1H/q+1;/p-1. The molecule has 0 atom stereocenters. The number of nitrogens with zero attached hydrogens (tertiary/aromatic N) is 2. The molecule has 3 nitrogen and oxygen atoms in total. The van der Waals surface area contributed by atoms with Gasteiger partial charge >= 0.3 is 0 Å². The smallest absolute Gasteiger partial charge is 0.259 e. The maximum Gasteiger partial charge on any atom is 0.259 e. The van der Waals surface area contributed by atoms with Crippen molar-refractivity contribution >= 4 is 29.1 Å². The zero-order valence-corrected chi connectivity index (χ0v) is 14.1. The molecule has 0 spiro atoms. The van der Waals surface area contributed by atoms with Crippen molar-refractivity contribution in [2.45, 2.75) is 19.9 Å². The fourth-order valence-corrected chi connectivity index (χ4v) is 2.16. The molecule has 0 radical (unpaired) electrons. The highest BCUT2D eigenvalue weighted by molar-refractivity contribution is 6.18. The third-order valence-electron chi connectivity index (χ3n) is 2.58. The maximum atomic E-state index is 12.3. The Hall–Kier alpha value is -0.320. The summed E-state index contributed by atoms with van der Waals surface area (Å²) in [5.41, 5.74) is 0.682. The highest BCUT2D eigenvalue weighted by Gasteiger charge is 2.17. The van der Waals surface area contributed by atoms with Crippen LogP contribution < -0.4 is 21.5 Å². The molecule has 108 valence electrons. The van der Waals surface area contributed by atoms with Crippen molar-refractivity contribution < 1.29 is 26.3 Å². The largest absolute Gasteiger partial charge is 1.00 e. The molecule has 1 heterocycles. The number of hydrogen-bond acceptors (Lipinski definition) is 1. The van der Waals surface area contributed by atoms with Crippen LogP contribution in [0.15, 0.2) is 24.5 Å². The van der Waals surface area contributed by atoms with Crippen molar-refractivity contribution in [2.75, 3.05) is 24.8 Å². The van der Waals surface area contributed by atoms with Crippen molar-refractivity contribution in [2.24, 2.45) is 0 Å². The third kappa shape index (κ3) is 6.11. The fourth-order valence-electron chi connectivity index (χ4n) is 1.75. The Bertz CT molecular complexity index is 385. The number of carbonyl (C=O) groups excluding carboxylic acids is 1. The monoisotopic (exact) mass is 368 g/mol. The van der Waals surface area contributed by atoms with Gasteiger partial charge in [-0.3, -0.25) is 4.79 Å². The maximum absolute atomic E-state index is 12.3. The van der Waals surface area contributed by atoms with E-state index in [-0.39, 0.29) is 22.9 Å². The van der Waals surface area contributed by atoms with Gasteiger partial charge in [-0.2, -0.15) is 0 Å². The van der Waals surface area contributed by atoms with Crippen molar-refractivity contribution in [3.63, 3.8) is 0 Å². The Balaban J connectivity index is 0.00000324. The van der Waals surface area contributed by atoms with Crippen molar-refractivity contribution in [1.29, 1.82) is 0 Å². The van der Waals surface area contributed by atoms with Gasteiger partial charge in [0, 0.05) is 37.3 Å². The molecule has 0 aliphatic heterocycles. The molecule has 0 aliphatic carbocycles. The molecule has 0 bridgehead atoms. The lowest BCUT2D eigenvalue weighted by Gasteiger charge is -2.19. The summed E-state index contributed by atoms with van der Waals surface area (Å²) in [5.74, 6) is 0.830. The van der Waals surface area contributed by atoms with Gasteiger partial charge in [0.15, 0.2) is 12.4 Å². The second-order valence-corrected chi connectivity index (χ2v) is 4.76. The third-order valence-corrected chi connectivity index (χ3v) is 2.92. The molecule has 6 heteroatoms. The minimum Gasteiger partial charge on any atom is -1.00 e. The summed E-state index contributed by atoms with van der Waals surface area (Å²) in [6.07, 6.45) is 4.88. The Labute approximate surface area is 135 Å². The summed E-state index contributed by atoms with van der Waals surface area (Å²) >= 11 is 11.4. The van der Waals surface area contributed by atoms with Crippen LogP contribution in [0.5, 0.6) is 0 Å². The molecule has 0 saturated carbocycles. The first kappa shape index (κ1) is 18.7. The zero-order valence-electron chi connectivity index (χ0n) is 11.0. The summed E-state index contributed by atoms with van der Waals surface area (Å²) in [4.78, 5) is 14.0. The van der Waals surface area contributed by atoms with Crippen LogP contribution in [0, 0.1) is 0 Å². The summed E-state index contributed by atoms with van der Waals surface area (Å²) < 4.78 is 2.02. The molecule has 0 saturated heterocycles. The molecular formula is C13H19BrCl2N2O. The van der Waals surface area contributed by atoms with Gasteiger partial charge in [-0.15, -0.1) is 23.2 Å². The van der Waals surface area contributed by atoms with Crippen LogP contribution in [0.25, 0.3) is 0 Å². The number of aryl methyl sites for hydroxylation is 1. The molecule has 1 aromatic heterocycles. The molecule has 19 heavy (non-hydrogen) atoms. The molecule has 0 aliphatic rings. The lowest BCUT2D eigenvalue weighted by molar-refractivity contribution is -0.697. The second kappa shape index (κ2) is 10.5. The lowest BCUT2D eigenvalue weighted by Crippen LogP contribution is -3.00. The van der Waals surface area contributed by atoms with Gasteiger partial charge in [0.2, 0.25) is 0 Å². The van der Waals surface area contributed by atoms with E-state index in [1.54, 1.807) is 4.90 Å². The van der Waals surface area contributed by atoms with Crippen LogP contribution in [-0.4, -0.2) is 35.7 Å². The number of hydrogen-bond donors (Lipinski definition) is 0. The van der Waals surface area contributed by atoms with E-state index in [0.717, 1.165) is 13.0 Å². The van der Waals surface area contributed by atoms with E-state index in [0.29, 0.717) is 30.4 Å². The molecule has 1 rings (SSSR count). The minimum atomic E-state index is -0.0123. The van der Waals surface area contributed by atoms with Gasteiger partial charge in [0.05, 0.1) is 0 Å². The van der Waals surface area contributed by atoms with Crippen LogP contribution in [0.3, 0.4) is 0 Å². The normalized spacial score (nSPS) is 9.84. The molecule has 0 unspecified atom stereocenters. The van der Waals surface area contributed by atoms with Gasteiger partial charge in [-0.1, -0.05) is 6.92 Å². The quantitative estimate of drug-likeness (QED) is 0.461. The summed E-state index contributed by atoms with van der Waals surface area (Å²) in [7, 11) is 0. The molecular weight excluding hydrogens is 351 g/mol. The van der Waals surface area contributed by atoms with Gasteiger partial charge in [0.25, 0.3) is 5.91 Å². The zero-order chi connectivity index (χ0) is 13.4. The minimum absolute atomic E-state index is 0. The second-order valence-electron chi connectivity index (χ2n) is 4.00. The van der Waals surface area contributed by atoms with Crippen molar-refractivity contribution in [1.82, 2.24) is 4.90 Å². The van der Waals surface area contributed by atoms with Crippen LogP contribution in [0.2, 0.25) is 0 Å². The van der Waals surface area contributed by atoms with Gasteiger partial charge in [-0.05, 0) is 6.07 Å². The number of rotatable bonds is 7. The molecule has 1 aromatic rings. The number of halogens is 3. The van der Waals surface area contributed by atoms with E-state index in [2.05, 4.69) is 6.92 Å².